The first kappa shape index (κ1) is 11.9. The van der Waals surface area contributed by atoms with E-state index in [4.69, 9.17) is 9.84 Å². The van der Waals surface area contributed by atoms with Gasteiger partial charge in [0.15, 0.2) is 0 Å². The van der Waals surface area contributed by atoms with E-state index in [1.165, 1.54) is 0 Å². The van der Waals surface area contributed by atoms with E-state index in [2.05, 4.69) is 0 Å². The van der Waals surface area contributed by atoms with Crippen molar-refractivity contribution < 1.29 is 19.0 Å². The monoisotopic (exact) mass is 238 g/mol. The fraction of sp³-hybridized carbons (Fsp3) is 0.462. The summed E-state index contributed by atoms with van der Waals surface area (Å²) in [7, 11) is 1.57. The summed E-state index contributed by atoms with van der Waals surface area (Å²) < 4.78 is 18.9. The van der Waals surface area contributed by atoms with Crippen molar-refractivity contribution in [2.75, 3.05) is 7.11 Å². The third kappa shape index (κ3) is 2.12. The lowest BCUT2D eigenvalue weighted by atomic mass is 9.80. The quantitative estimate of drug-likeness (QED) is 0.880. The van der Waals surface area contributed by atoms with Gasteiger partial charge in [0.1, 0.15) is 5.75 Å². The number of hydrogen-bond donors (Lipinski definition) is 1. The highest BCUT2D eigenvalue weighted by Crippen LogP contribution is 2.39. The summed E-state index contributed by atoms with van der Waals surface area (Å²) in [6, 6.07) is 5.41. The van der Waals surface area contributed by atoms with Crippen molar-refractivity contribution >= 4 is 5.97 Å². The van der Waals surface area contributed by atoms with Crippen molar-refractivity contribution in [1.82, 2.24) is 0 Å². The third-order valence-corrected chi connectivity index (χ3v) is 3.32. The molecule has 0 saturated carbocycles. The van der Waals surface area contributed by atoms with Gasteiger partial charge in [0.2, 0.25) is 6.17 Å². The lowest BCUT2D eigenvalue weighted by Gasteiger charge is -2.27. The smallest absolute Gasteiger partial charge is 0.338 e. The number of methoxy groups -OCH3 is 1. The Morgan fingerprint density at radius 1 is 1.59 bits per heavy atom. The molecule has 0 fully saturated rings. The molecule has 1 aromatic rings. The highest BCUT2D eigenvalue weighted by Gasteiger charge is 2.33. The average molecular weight is 238 g/mol. The number of benzene rings is 1. The summed E-state index contributed by atoms with van der Waals surface area (Å²) in [4.78, 5) is 10.8. The van der Waals surface area contributed by atoms with E-state index in [9.17, 15) is 9.18 Å². The summed E-state index contributed by atoms with van der Waals surface area (Å²) in [5.74, 6) is -1.21. The minimum atomic E-state index is -1.83. The van der Waals surface area contributed by atoms with Crippen molar-refractivity contribution in [3.63, 3.8) is 0 Å². The highest BCUT2D eigenvalue weighted by atomic mass is 19.1. The first-order chi connectivity index (χ1) is 8.15. The van der Waals surface area contributed by atoms with Gasteiger partial charge < -0.3 is 9.84 Å². The van der Waals surface area contributed by atoms with E-state index in [-0.39, 0.29) is 0 Å². The van der Waals surface area contributed by atoms with Crippen LogP contribution in [0.2, 0.25) is 0 Å². The molecule has 1 aliphatic rings. The largest absolute Gasteiger partial charge is 0.496 e. The minimum absolute atomic E-state index is 0.550. The fourth-order valence-corrected chi connectivity index (χ4v) is 2.52. The molecule has 0 aliphatic heterocycles. The fourth-order valence-electron chi connectivity index (χ4n) is 2.52. The van der Waals surface area contributed by atoms with Crippen LogP contribution in [0.3, 0.4) is 0 Å². The molecule has 1 N–H and O–H groups in total. The van der Waals surface area contributed by atoms with Crippen LogP contribution in [0, 0.1) is 0 Å². The van der Waals surface area contributed by atoms with Crippen molar-refractivity contribution in [2.24, 2.45) is 0 Å². The summed E-state index contributed by atoms with van der Waals surface area (Å²) in [6.45, 7) is 0. The lowest BCUT2D eigenvalue weighted by molar-refractivity contribution is -0.143. The second-order valence-electron chi connectivity index (χ2n) is 4.27. The topological polar surface area (TPSA) is 46.5 Å². The molecular weight excluding hydrogens is 223 g/mol. The summed E-state index contributed by atoms with van der Waals surface area (Å²) >= 11 is 0. The molecule has 0 bridgehead atoms. The number of carbonyl (C=O) groups is 1. The van der Waals surface area contributed by atoms with Crippen LogP contribution in [-0.2, 0) is 11.2 Å². The summed E-state index contributed by atoms with van der Waals surface area (Å²) in [6.07, 6.45) is 0.364. The van der Waals surface area contributed by atoms with Crippen molar-refractivity contribution in [2.45, 2.75) is 31.4 Å². The van der Waals surface area contributed by atoms with Crippen LogP contribution in [0.1, 0.15) is 29.9 Å². The Bertz CT molecular complexity index is 431. The molecule has 0 saturated heterocycles. The Hall–Kier alpha value is -1.58. The minimum Gasteiger partial charge on any atom is -0.496 e. The van der Waals surface area contributed by atoms with Crippen LogP contribution in [0.25, 0.3) is 0 Å². The Morgan fingerprint density at radius 3 is 3.00 bits per heavy atom. The molecule has 3 nitrogen and oxygen atoms in total. The standard InChI is InChI=1S/C13H15FO3/c1-17-11-7-3-4-8-9(11)5-2-6-10(8)12(14)13(15)16/h3-4,7,10,12H,2,5-6H2,1H3,(H,15,16). The molecular formula is C13H15FO3. The molecule has 0 radical (unpaired) electrons. The SMILES string of the molecule is COc1cccc2c1CCCC2C(F)C(=O)O. The predicted octanol–water partition coefficient (Wildman–Crippen LogP) is 2.54. The van der Waals surface area contributed by atoms with Gasteiger partial charge in [0.25, 0.3) is 0 Å². The maximum absolute atomic E-state index is 13.7. The molecule has 2 atom stereocenters. The number of hydrogen-bond acceptors (Lipinski definition) is 2. The number of fused-ring (bicyclic) bond motifs is 1. The number of rotatable bonds is 3. The van der Waals surface area contributed by atoms with Gasteiger partial charge in [-0.3, -0.25) is 0 Å². The molecule has 0 spiro atoms. The molecule has 0 heterocycles. The average Bonchev–Trinajstić information content (AvgIpc) is 2.36. The molecule has 2 rings (SSSR count). The first-order valence-corrected chi connectivity index (χ1v) is 5.67. The van der Waals surface area contributed by atoms with Crippen LogP contribution in [0.4, 0.5) is 4.39 Å². The zero-order chi connectivity index (χ0) is 12.4. The predicted molar refractivity (Wildman–Crippen MR) is 61.2 cm³/mol. The van der Waals surface area contributed by atoms with Crippen LogP contribution in [-0.4, -0.2) is 24.4 Å². The molecule has 0 amide bonds. The maximum Gasteiger partial charge on any atom is 0.338 e. The van der Waals surface area contributed by atoms with Crippen LogP contribution < -0.4 is 4.74 Å². The number of ether oxygens (including phenoxy) is 1. The molecule has 4 heteroatoms. The van der Waals surface area contributed by atoms with Gasteiger partial charge in [0, 0.05) is 5.92 Å². The number of alkyl halides is 1. The van der Waals surface area contributed by atoms with Crippen molar-refractivity contribution in [1.29, 1.82) is 0 Å². The molecule has 1 aromatic carbocycles. The number of aliphatic carboxylic acids is 1. The zero-order valence-electron chi connectivity index (χ0n) is 9.65. The number of carboxylic acid groups (broad SMARTS) is 1. The normalized spacial score (nSPS) is 20.5. The van der Waals surface area contributed by atoms with Gasteiger partial charge in [0.05, 0.1) is 7.11 Å². The zero-order valence-corrected chi connectivity index (χ0v) is 9.65. The van der Waals surface area contributed by atoms with E-state index in [1.54, 1.807) is 19.2 Å². The van der Waals surface area contributed by atoms with E-state index >= 15 is 0 Å². The van der Waals surface area contributed by atoms with Gasteiger partial charge in [-0.2, -0.15) is 0 Å². The molecule has 0 aromatic heterocycles. The Morgan fingerprint density at radius 2 is 2.35 bits per heavy atom. The number of carboxylic acids is 1. The van der Waals surface area contributed by atoms with E-state index in [0.29, 0.717) is 6.42 Å². The van der Waals surface area contributed by atoms with Crippen molar-refractivity contribution in [3.8, 4) is 5.75 Å². The van der Waals surface area contributed by atoms with Crippen LogP contribution in [0.15, 0.2) is 18.2 Å². The van der Waals surface area contributed by atoms with E-state index < -0.39 is 18.1 Å². The second kappa shape index (κ2) is 4.73. The molecule has 1 aliphatic carbocycles. The van der Waals surface area contributed by atoms with Crippen LogP contribution >= 0.6 is 0 Å². The summed E-state index contributed by atoms with van der Waals surface area (Å²) in [5, 5.41) is 8.78. The highest BCUT2D eigenvalue weighted by molar-refractivity contribution is 5.74. The van der Waals surface area contributed by atoms with Gasteiger partial charge in [-0.1, -0.05) is 12.1 Å². The van der Waals surface area contributed by atoms with E-state index in [0.717, 1.165) is 29.7 Å². The van der Waals surface area contributed by atoms with Crippen LogP contribution in [0.5, 0.6) is 5.75 Å². The second-order valence-corrected chi connectivity index (χ2v) is 4.27. The van der Waals surface area contributed by atoms with Crippen molar-refractivity contribution in [3.05, 3.63) is 29.3 Å². The lowest BCUT2D eigenvalue weighted by Crippen LogP contribution is -2.26. The maximum atomic E-state index is 13.7. The Labute approximate surface area is 99.2 Å². The molecule has 2 unspecified atom stereocenters. The number of halogens is 1. The Kier molecular flexibility index (Phi) is 3.31. The Balaban J connectivity index is 2.41. The van der Waals surface area contributed by atoms with Gasteiger partial charge in [-0.05, 0) is 36.5 Å². The first-order valence-electron chi connectivity index (χ1n) is 5.67. The van der Waals surface area contributed by atoms with E-state index in [1.807, 2.05) is 6.07 Å². The van der Waals surface area contributed by atoms with Gasteiger partial charge in [-0.15, -0.1) is 0 Å². The summed E-state index contributed by atoms with van der Waals surface area (Å²) in [5.41, 5.74) is 1.74. The molecule has 92 valence electrons. The van der Waals surface area contributed by atoms with Gasteiger partial charge in [-0.25, -0.2) is 9.18 Å². The third-order valence-electron chi connectivity index (χ3n) is 3.32. The van der Waals surface area contributed by atoms with Gasteiger partial charge >= 0.3 is 5.97 Å². The molecule has 17 heavy (non-hydrogen) atoms.